The fourth-order valence-electron chi connectivity index (χ4n) is 0.665. The van der Waals surface area contributed by atoms with Crippen LogP contribution in [0, 0.1) is 0 Å². The van der Waals surface area contributed by atoms with Crippen LogP contribution >= 0.6 is 11.6 Å². The molecule has 1 rings (SSSR count). The van der Waals surface area contributed by atoms with Gasteiger partial charge in [-0.15, -0.1) is 0 Å². The van der Waals surface area contributed by atoms with Gasteiger partial charge in [0.25, 0.3) is 0 Å². The lowest BCUT2D eigenvalue weighted by Gasteiger charge is -1.81. The van der Waals surface area contributed by atoms with Crippen LogP contribution in [0.4, 0.5) is 0 Å². The van der Waals surface area contributed by atoms with E-state index in [0.29, 0.717) is 18.6 Å². The maximum atomic E-state index is 10.2. The first-order valence-corrected chi connectivity index (χ1v) is 4.80. The lowest BCUT2D eigenvalue weighted by Crippen LogP contribution is -1.88. The minimum absolute atomic E-state index is 0.343. The van der Waals surface area contributed by atoms with Gasteiger partial charge < -0.3 is 0 Å². The van der Waals surface area contributed by atoms with Gasteiger partial charge >= 0.3 is 0 Å². The molecule has 0 radical (unpaired) electrons. The van der Waals surface area contributed by atoms with E-state index in [1.807, 2.05) is 44.2 Å². The summed E-state index contributed by atoms with van der Waals surface area (Å²) in [4.78, 5) is 10.2. The molecule has 0 spiro atoms. The van der Waals surface area contributed by atoms with E-state index in [2.05, 4.69) is 0 Å². The van der Waals surface area contributed by atoms with Gasteiger partial charge in [0.2, 0.25) is 0 Å². The SMILES string of the molecule is CCC(=O)CC.Clc1ccccc1. The van der Waals surface area contributed by atoms with Crippen molar-refractivity contribution in [2.75, 3.05) is 0 Å². The molecule has 0 aliphatic carbocycles. The predicted octanol–water partition coefficient (Wildman–Crippen LogP) is 3.72. The van der Waals surface area contributed by atoms with Gasteiger partial charge in [-0.3, -0.25) is 4.79 Å². The first kappa shape index (κ1) is 12.2. The summed E-state index contributed by atoms with van der Waals surface area (Å²) < 4.78 is 0. The summed E-state index contributed by atoms with van der Waals surface area (Å²) in [6, 6.07) is 9.44. The number of ketones is 1. The molecule has 0 aliphatic rings. The summed E-state index contributed by atoms with van der Waals surface area (Å²) in [6.45, 7) is 3.76. The summed E-state index contributed by atoms with van der Waals surface area (Å²) in [6.07, 6.45) is 1.38. The maximum Gasteiger partial charge on any atom is 0.132 e. The third kappa shape index (κ3) is 7.54. The molecule has 0 amide bonds. The van der Waals surface area contributed by atoms with Crippen molar-refractivity contribution in [3.63, 3.8) is 0 Å². The molecule has 0 aromatic heterocycles. The van der Waals surface area contributed by atoms with E-state index in [1.165, 1.54) is 0 Å². The molecular formula is C11H15ClO. The summed E-state index contributed by atoms with van der Waals surface area (Å²) in [5.41, 5.74) is 0. The fourth-order valence-corrected chi connectivity index (χ4v) is 0.810. The Kier molecular flexibility index (Phi) is 7.32. The zero-order valence-corrected chi connectivity index (χ0v) is 8.84. The number of hydrogen-bond donors (Lipinski definition) is 0. The minimum atomic E-state index is 0.343. The van der Waals surface area contributed by atoms with Crippen LogP contribution in [0.1, 0.15) is 26.7 Å². The summed E-state index contributed by atoms with van der Waals surface area (Å²) >= 11 is 5.54. The second-order valence-corrected chi connectivity index (χ2v) is 2.98. The highest BCUT2D eigenvalue weighted by Crippen LogP contribution is 2.03. The Morgan fingerprint density at radius 2 is 1.62 bits per heavy atom. The van der Waals surface area contributed by atoms with E-state index in [1.54, 1.807) is 0 Å². The van der Waals surface area contributed by atoms with E-state index in [-0.39, 0.29) is 0 Å². The molecule has 13 heavy (non-hydrogen) atoms. The van der Waals surface area contributed by atoms with Crippen molar-refractivity contribution >= 4 is 17.4 Å². The third-order valence-electron chi connectivity index (χ3n) is 1.52. The fraction of sp³-hybridized carbons (Fsp3) is 0.364. The Hall–Kier alpha value is -0.820. The number of rotatable bonds is 2. The standard InChI is InChI=1S/C6H5Cl.C5H10O/c7-6-4-2-1-3-5-6;1-3-5(6)4-2/h1-5H;3-4H2,1-2H3. The molecule has 1 aromatic rings. The molecule has 0 bridgehead atoms. The first-order chi connectivity index (χ1) is 6.20. The molecule has 2 heteroatoms. The zero-order valence-electron chi connectivity index (χ0n) is 8.09. The van der Waals surface area contributed by atoms with Crippen LogP contribution in [0.15, 0.2) is 30.3 Å². The predicted molar refractivity (Wildman–Crippen MR) is 57.0 cm³/mol. The number of Topliss-reactive ketones (excluding diaryl/α,β-unsaturated/α-hetero) is 1. The lowest BCUT2D eigenvalue weighted by atomic mass is 10.3. The Morgan fingerprint density at radius 1 is 1.15 bits per heavy atom. The quantitative estimate of drug-likeness (QED) is 0.708. The molecule has 0 aliphatic heterocycles. The molecule has 0 heterocycles. The molecule has 72 valence electrons. The van der Waals surface area contributed by atoms with Crippen LogP contribution in [-0.4, -0.2) is 5.78 Å². The van der Waals surface area contributed by atoms with Gasteiger partial charge in [-0.1, -0.05) is 43.6 Å². The number of carbonyl (C=O) groups excluding carboxylic acids is 1. The van der Waals surface area contributed by atoms with Crippen LogP contribution in [-0.2, 0) is 4.79 Å². The molecule has 0 atom stereocenters. The number of hydrogen-bond acceptors (Lipinski definition) is 1. The number of halogens is 1. The average molecular weight is 199 g/mol. The molecule has 0 saturated carbocycles. The second-order valence-electron chi connectivity index (χ2n) is 2.54. The first-order valence-electron chi connectivity index (χ1n) is 4.43. The van der Waals surface area contributed by atoms with E-state index in [4.69, 9.17) is 11.6 Å². The smallest absolute Gasteiger partial charge is 0.132 e. The van der Waals surface area contributed by atoms with Crippen molar-refractivity contribution in [2.24, 2.45) is 0 Å². The van der Waals surface area contributed by atoms with Gasteiger partial charge in [-0.05, 0) is 12.1 Å². The van der Waals surface area contributed by atoms with Crippen molar-refractivity contribution in [1.29, 1.82) is 0 Å². The largest absolute Gasteiger partial charge is 0.300 e. The highest BCUT2D eigenvalue weighted by atomic mass is 35.5. The number of carbonyl (C=O) groups is 1. The van der Waals surface area contributed by atoms with Crippen LogP contribution in [0.25, 0.3) is 0 Å². The molecule has 0 unspecified atom stereocenters. The third-order valence-corrected chi connectivity index (χ3v) is 1.77. The monoisotopic (exact) mass is 198 g/mol. The second kappa shape index (κ2) is 7.81. The molecule has 0 N–H and O–H groups in total. The van der Waals surface area contributed by atoms with E-state index >= 15 is 0 Å². The minimum Gasteiger partial charge on any atom is -0.300 e. The van der Waals surface area contributed by atoms with Crippen molar-refractivity contribution in [3.05, 3.63) is 35.4 Å². The van der Waals surface area contributed by atoms with Gasteiger partial charge in [-0.2, -0.15) is 0 Å². The number of benzene rings is 1. The van der Waals surface area contributed by atoms with Crippen LogP contribution in [0.5, 0.6) is 0 Å². The van der Waals surface area contributed by atoms with Crippen LogP contribution in [0.2, 0.25) is 5.02 Å². The van der Waals surface area contributed by atoms with Gasteiger partial charge in [0, 0.05) is 17.9 Å². The Morgan fingerprint density at radius 3 is 1.77 bits per heavy atom. The molecule has 0 saturated heterocycles. The highest BCUT2D eigenvalue weighted by Gasteiger charge is 1.86. The maximum absolute atomic E-state index is 10.2. The van der Waals surface area contributed by atoms with Crippen LogP contribution < -0.4 is 0 Å². The molecule has 1 aromatic carbocycles. The summed E-state index contributed by atoms with van der Waals surface area (Å²) in [5, 5.41) is 0.794. The Labute approximate surface area is 84.7 Å². The summed E-state index contributed by atoms with van der Waals surface area (Å²) in [7, 11) is 0. The molecular weight excluding hydrogens is 184 g/mol. The van der Waals surface area contributed by atoms with Gasteiger partial charge in [-0.25, -0.2) is 0 Å². The van der Waals surface area contributed by atoms with Gasteiger partial charge in [0.05, 0.1) is 0 Å². The van der Waals surface area contributed by atoms with Crippen LogP contribution in [0.3, 0.4) is 0 Å². The molecule has 1 nitrogen and oxygen atoms in total. The molecule has 0 fully saturated rings. The Bertz CT molecular complexity index is 225. The highest BCUT2D eigenvalue weighted by molar-refractivity contribution is 6.30. The van der Waals surface area contributed by atoms with Gasteiger partial charge in [0.1, 0.15) is 5.78 Å². The Balaban J connectivity index is 0.000000226. The van der Waals surface area contributed by atoms with Crippen molar-refractivity contribution in [1.82, 2.24) is 0 Å². The normalized spacial score (nSPS) is 8.54. The average Bonchev–Trinajstić information content (AvgIpc) is 2.19. The van der Waals surface area contributed by atoms with Gasteiger partial charge in [0.15, 0.2) is 0 Å². The zero-order chi connectivity index (χ0) is 10.1. The van der Waals surface area contributed by atoms with E-state index in [9.17, 15) is 4.79 Å². The lowest BCUT2D eigenvalue weighted by molar-refractivity contribution is -0.118. The van der Waals surface area contributed by atoms with Crippen molar-refractivity contribution in [2.45, 2.75) is 26.7 Å². The van der Waals surface area contributed by atoms with Crippen molar-refractivity contribution in [3.8, 4) is 0 Å². The summed E-state index contributed by atoms with van der Waals surface area (Å²) in [5.74, 6) is 0.343. The topological polar surface area (TPSA) is 17.1 Å². The van der Waals surface area contributed by atoms with Crippen molar-refractivity contribution < 1.29 is 4.79 Å². The van der Waals surface area contributed by atoms with E-state index < -0.39 is 0 Å². The van der Waals surface area contributed by atoms with E-state index in [0.717, 1.165) is 5.02 Å².